The molecule has 36 heavy (non-hydrogen) atoms. The summed E-state index contributed by atoms with van der Waals surface area (Å²) in [5, 5.41) is 25.3. The van der Waals surface area contributed by atoms with Gasteiger partial charge < -0.3 is 24.6 Å². The van der Waals surface area contributed by atoms with Crippen LogP contribution in [0.5, 0.6) is 5.75 Å². The maximum absolute atomic E-state index is 12.9. The van der Waals surface area contributed by atoms with E-state index in [1.165, 1.54) is 32.4 Å². The number of imidazole rings is 1. The molecule has 0 saturated carbocycles. The minimum atomic E-state index is -5.10. The van der Waals surface area contributed by atoms with Gasteiger partial charge in [-0.25, -0.2) is 4.98 Å². The van der Waals surface area contributed by atoms with Crippen molar-refractivity contribution >= 4 is 28.6 Å². The summed E-state index contributed by atoms with van der Waals surface area (Å²) in [6.45, 7) is 1.56. The number of hydrogen-bond donors (Lipinski definition) is 3. The van der Waals surface area contributed by atoms with Crippen molar-refractivity contribution in [3.63, 3.8) is 0 Å². The standard InChI is InChI=1S/C23H22F3N5O5/c1-22(20(34-2)35-3)18(32)17(31-15-7-5-4-6-14(15)30-21(31)28-11-27)13-10-12(8-9-16(13)36-22)29-19(33)23(24,25)26/h4-10,17-18,20,32H,1-3H3,(H,28,30)(H,29,33)/t17-,18+,22-/m0/s1. The van der Waals surface area contributed by atoms with E-state index in [1.54, 1.807) is 41.9 Å². The number of aliphatic hydroxyl groups is 1. The van der Waals surface area contributed by atoms with Crippen molar-refractivity contribution in [1.82, 2.24) is 9.55 Å². The summed E-state index contributed by atoms with van der Waals surface area (Å²) in [5.74, 6) is -1.88. The van der Waals surface area contributed by atoms with Crippen LogP contribution in [0, 0.1) is 11.5 Å². The Labute approximate surface area is 203 Å². The van der Waals surface area contributed by atoms with Crippen LogP contribution < -0.4 is 15.4 Å². The molecule has 3 N–H and O–H groups in total. The number of anilines is 2. The van der Waals surface area contributed by atoms with Crippen molar-refractivity contribution < 1.29 is 37.3 Å². The third-order valence-corrected chi connectivity index (χ3v) is 6.00. The molecule has 1 aliphatic rings. The zero-order valence-electron chi connectivity index (χ0n) is 19.3. The van der Waals surface area contributed by atoms with Gasteiger partial charge >= 0.3 is 12.1 Å². The largest absolute Gasteiger partial charge is 0.479 e. The molecule has 2 aromatic carbocycles. The molecular formula is C23H22F3N5O5. The van der Waals surface area contributed by atoms with E-state index in [4.69, 9.17) is 14.2 Å². The predicted octanol–water partition coefficient (Wildman–Crippen LogP) is 3.15. The van der Waals surface area contributed by atoms with Crippen LogP contribution in [-0.2, 0) is 14.3 Å². The van der Waals surface area contributed by atoms with E-state index in [0.29, 0.717) is 11.0 Å². The molecule has 190 valence electrons. The first-order chi connectivity index (χ1) is 17.0. The van der Waals surface area contributed by atoms with Crippen LogP contribution in [0.15, 0.2) is 42.5 Å². The first-order valence-corrected chi connectivity index (χ1v) is 10.6. The molecule has 0 bridgehead atoms. The molecule has 1 aliphatic heterocycles. The van der Waals surface area contributed by atoms with Crippen molar-refractivity contribution in [1.29, 1.82) is 5.26 Å². The van der Waals surface area contributed by atoms with Crippen molar-refractivity contribution in [3.05, 3.63) is 48.0 Å². The fourth-order valence-corrected chi connectivity index (χ4v) is 4.43. The first kappa shape index (κ1) is 25.2. The van der Waals surface area contributed by atoms with Gasteiger partial charge in [0.25, 0.3) is 0 Å². The van der Waals surface area contributed by atoms with Gasteiger partial charge in [0.1, 0.15) is 11.9 Å². The Hall–Kier alpha value is -3.86. The van der Waals surface area contributed by atoms with Gasteiger partial charge in [-0.3, -0.25) is 14.7 Å². The van der Waals surface area contributed by atoms with Crippen LogP contribution in [0.2, 0.25) is 0 Å². The molecule has 3 atom stereocenters. The summed E-state index contributed by atoms with van der Waals surface area (Å²) in [4.78, 5) is 16.0. The SMILES string of the molecule is COC(OC)[C@@]1(C)Oc2ccc(NC(=O)C(F)(F)F)cc2[C@H](n2c(NC#N)nc3ccccc32)[C@H]1O. The number of carbonyl (C=O) groups excluding carboxylic acids is 1. The molecule has 0 saturated heterocycles. The number of nitrogens with one attached hydrogen (secondary N) is 2. The highest BCUT2D eigenvalue weighted by Crippen LogP contribution is 2.47. The number of methoxy groups -OCH3 is 2. The number of fused-ring (bicyclic) bond motifs is 2. The number of halogens is 3. The molecular weight excluding hydrogens is 483 g/mol. The number of rotatable bonds is 6. The smallest absolute Gasteiger partial charge is 0.471 e. The third-order valence-electron chi connectivity index (χ3n) is 6.00. The highest BCUT2D eigenvalue weighted by Gasteiger charge is 2.53. The zero-order valence-corrected chi connectivity index (χ0v) is 19.3. The number of carbonyl (C=O) groups is 1. The minimum absolute atomic E-state index is 0.0778. The summed E-state index contributed by atoms with van der Waals surface area (Å²) in [6, 6.07) is 9.71. The molecule has 13 heteroatoms. The number of ether oxygens (including phenoxy) is 3. The first-order valence-electron chi connectivity index (χ1n) is 10.6. The molecule has 0 fully saturated rings. The Morgan fingerprint density at radius 3 is 2.61 bits per heavy atom. The second-order valence-electron chi connectivity index (χ2n) is 8.21. The minimum Gasteiger partial charge on any atom is -0.479 e. The van der Waals surface area contributed by atoms with Crippen LogP contribution in [0.3, 0.4) is 0 Å². The van der Waals surface area contributed by atoms with Crippen molar-refractivity contribution in [2.75, 3.05) is 24.9 Å². The van der Waals surface area contributed by atoms with E-state index in [0.717, 1.165) is 0 Å². The monoisotopic (exact) mass is 505 g/mol. The van der Waals surface area contributed by atoms with E-state index in [9.17, 15) is 28.3 Å². The van der Waals surface area contributed by atoms with Gasteiger partial charge in [-0.2, -0.15) is 18.4 Å². The number of aliphatic hydroxyl groups excluding tert-OH is 1. The summed E-state index contributed by atoms with van der Waals surface area (Å²) >= 11 is 0. The number of amides is 1. The van der Waals surface area contributed by atoms with Gasteiger partial charge in [-0.05, 0) is 37.3 Å². The predicted molar refractivity (Wildman–Crippen MR) is 121 cm³/mol. The van der Waals surface area contributed by atoms with E-state index in [2.05, 4.69) is 10.3 Å². The summed E-state index contributed by atoms with van der Waals surface area (Å²) < 4.78 is 57.0. The van der Waals surface area contributed by atoms with Gasteiger partial charge in [0.15, 0.2) is 18.1 Å². The fraction of sp³-hybridized carbons (Fsp3) is 0.348. The number of nitriles is 1. The Morgan fingerprint density at radius 2 is 1.97 bits per heavy atom. The van der Waals surface area contributed by atoms with Crippen molar-refractivity contribution in [2.24, 2.45) is 0 Å². The van der Waals surface area contributed by atoms with Crippen molar-refractivity contribution in [3.8, 4) is 11.9 Å². The molecule has 0 radical (unpaired) electrons. The molecule has 2 heterocycles. The lowest BCUT2D eigenvalue weighted by Crippen LogP contribution is -2.60. The number of aromatic nitrogens is 2. The van der Waals surface area contributed by atoms with Crippen LogP contribution in [0.4, 0.5) is 24.8 Å². The van der Waals surface area contributed by atoms with Gasteiger partial charge in [0.05, 0.1) is 17.1 Å². The number of benzene rings is 2. The molecule has 10 nitrogen and oxygen atoms in total. The lowest BCUT2D eigenvalue weighted by Gasteiger charge is -2.47. The van der Waals surface area contributed by atoms with Gasteiger partial charge in [-0.1, -0.05) is 12.1 Å². The van der Waals surface area contributed by atoms with Crippen molar-refractivity contribution in [2.45, 2.75) is 37.1 Å². The lowest BCUT2D eigenvalue weighted by molar-refractivity contribution is -0.238. The van der Waals surface area contributed by atoms with Gasteiger partial charge in [-0.15, -0.1) is 0 Å². The molecule has 0 unspecified atom stereocenters. The topological polar surface area (TPSA) is 131 Å². The van der Waals surface area contributed by atoms with E-state index in [1.807, 2.05) is 5.32 Å². The van der Waals surface area contributed by atoms with Gasteiger partial charge in [0.2, 0.25) is 5.95 Å². The average Bonchev–Trinajstić information content (AvgIpc) is 3.18. The van der Waals surface area contributed by atoms with E-state index >= 15 is 0 Å². The number of alkyl halides is 3. The summed E-state index contributed by atoms with van der Waals surface area (Å²) in [7, 11) is 2.73. The molecule has 0 aliphatic carbocycles. The van der Waals surface area contributed by atoms with Gasteiger partial charge in [0, 0.05) is 25.5 Å². The van der Waals surface area contributed by atoms with E-state index in [-0.39, 0.29) is 22.9 Å². The lowest BCUT2D eigenvalue weighted by atomic mass is 9.84. The Morgan fingerprint density at radius 1 is 1.28 bits per heavy atom. The second kappa shape index (κ2) is 9.30. The summed E-state index contributed by atoms with van der Waals surface area (Å²) in [5.41, 5.74) is -0.433. The maximum atomic E-state index is 12.9. The zero-order chi connectivity index (χ0) is 26.3. The highest BCUT2D eigenvalue weighted by atomic mass is 19.4. The Balaban J connectivity index is 1.95. The molecule has 1 aromatic heterocycles. The third kappa shape index (κ3) is 4.19. The van der Waals surface area contributed by atoms with Crippen LogP contribution >= 0.6 is 0 Å². The average molecular weight is 505 g/mol. The Bertz CT molecular complexity index is 1330. The van der Waals surface area contributed by atoms with Crippen LogP contribution in [0.1, 0.15) is 18.5 Å². The number of hydrogen-bond acceptors (Lipinski definition) is 8. The van der Waals surface area contributed by atoms with Crippen LogP contribution in [0.25, 0.3) is 11.0 Å². The second-order valence-corrected chi connectivity index (χ2v) is 8.21. The quantitative estimate of drug-likeness (QED) is 0.265. The normalized spacial score (nSPS) is 21.5. The highest BCUT2D eigenvalue weighted by molar-refractivity contribution is 5.95. The summed E-state index contributed by atoms with van der Waals surface area (Å²) in [6.07, 6.45) is -5.78. The maximum Gasteiger partial charge on any atom is 0.471 e. The van der Waals surface area contributed by atoms with Crippen LogP contribution in [-0.4, -0.2) is 59.0 Å². The fourth-order valence-electron chi connectivity index (χ4n) is 4.43. The molecule has 0 spiro atoms. The van der Waals surface area contributed by atoms with E-state index < -0.39 is 36.1 Å². The number of nitrogens with zero attached hydrogens (tertiary/aromatic N) is 3. The number of para-hydroxylation sites is 2. The molecule has 4 rings (SSSR count). The molecule has 3 aromatic rings. The molecule has 1 amide bonds. The Kier molecular flexibility index (Phi) is 6.52.